The lowest BCUT2D eigenvalue weighted by molar-refractivity contribution is 0.307. The van der Waals surface area contributed by atoms with Crippen molar-refractivity contribution in [2.45, 2.75) is 12.8 Å². The van der Waals surface area contributed by atoms with Crippen molar-refractivity contribution in [2.24, 2.45) is 5.92 Å². The molecule has 0 amide bonds. The van der Waals surface area contributed by atoms with Gasteiger partial charge in [-0.15, -0.1) is 0 Å². The Morgan fingerprint density at radius 2 is 2.12 bits per heavy atom. The summed E-state index contributed by atoms with van der Waals surface area (Å²) in [5.74, 6) is 1.09. The molecule has 0 spiro atoms. The average Bonchev–Trinajstić information content (AvgIpc) is 2.87. The normalized spacial score (nSPS) is 17.8. The van der Waals surface area contributed by atoms with Gasteiger partial charge in [0.1, 0.15) is 11.8 Å². The predicted molar refractivity (Wildman–Crippen MR) is 62.6 cm³/mol. The third-order valence-corrected chi connectivity index (χ3v) is 3.34. The first kappa shape index (κ1) is 10.4. The van der Waals surface area contributed by atoms with Crippen LogP contribution in [0.5, 0.6) is 0 Å². The van der Waals surface area contributed by atoms with Crippen LogP contribution in [0.1, 0.15) is 12.8 Å². The smallest absolute Gasteiger partial charge is 0.182 e. The Hall–Kier alpha value is -1.72. The molecule has 0 aromatic carbocycles. The second-order valence-corrected chi connectivity index (χ2v) is 4.38. The van der Waals surface area contributed by atoms with Crippen LogP contribution < -0.4 is 4.90 Å². The molecule has 0 saturated carbocycles. The first-order chi connectivity index (χ1) is 8.38. The van der Waals surface area contributed by atoms with Gasteiger partial charge in [0.05, 0.1) is 13.0 Å². The van der Waals surface area contributed by atoms with E-state index in [2.05, 4.69) is 24.8 Å². The number of aromatic amines is 1. The van der Waals surface area contributed by atoms with Crippen LogP contribution in [-0.2, 0) is 0 Å². The standard InChI is InChI=1S/C11H14FN5/c12-5-8-1-3-17(4-2-8)11-9-10(14-6-13-9)15-7-16-11/h6-8H,1-5H2,(H,13,14,15,16). The minimum atomic E-state index is -0.211. The second kappa shape index (κ2) is 4.27. The van der Waals surface area contributed by atoms with Gasteiger partial charge in [-0.25, -0.2) is 15.0 Å². The van der Waals surface area contributed by atoms with Crippen LogP contribution >= 0.6 is 0 Å². The quantitative estimate of drug-likeness (QED) is 0.857. The molecule has 0 aliphatic carbocycles. The number of anilines is 1. The van der Waals surface area contributed by atoms with Crippen molar-refractivity contribution in [2.75, 3.05) is 24.7 Å². The minimum absolute atomic E-state index is 0.211. The van der Waals surface area contributed by atoms with Crippen molar-refractivity contribution >= 4 is 17.0 Å². The third-order valence-electron chi connectivity index (χ3n) is 3.34. The summed E-state index contributed by atoms with van der Waals surface area (Å²) in [6.45, 7) is 1.48. The van der Waals surface area contributed by atoms with Crippen molar-refractivity contribution < 1.29 is 4.39 Å². The monoisotopic (exact) mass is 235 g/mol. The Morgan fingerprint density at radius 1 is 1.29 bits per heavy atom. The van der Waals surface area contributed by atoms with Crippen molar-refractivity contribution in [3.05, 3.63) is 12.7 Å². The van der Waals surface area contributed by atoms with Crippen LogP contribution in [-0.4, -0.2) is 39.7 Å². The van der Waals surface area contributed by atoms with Crippen molar-refractivity contribution in [3.8, 4) is 0 Å². The number of aromatic nitrogens is 4. The number of rotatable bonds is 2. The molecular weight excluding hydrogens is 221 g/mol. The maximum atomic E-state index is 12.6. The fourth-order valence-corrected chi connectivity index (χ4v) is 2.29. The van der Waals surface area contributed by atoms with Crippen LogP contribution in [0.3, 0.4) is 0 Å². The Labute approximate surface area is 98.1 Å². The van der Waals surface area contributed by atoms with E-state index < -0.39 is 0 Å². The molecule has 2 aromatic rings. The molecule has 3 rings (SSSR count). The average molecular weight is 235 g/mol. The SMILES string of the molecule is FCC1CCN(c2ncnc3nc[nH]c23)CC1. The molecule has 1 aliphatic heterocycles. The van der Waals surface area contributed by atoms with E-state index in [1.54, 1.807) is 6.33 Å². The van der Waals surface area contributed by atoms with Gasteiger partial charge in [0.2, 0.25) is 0 Å². The highest BCUT2D eigenvalue weighted by Gasteiger charge is 2.21. The number of H-pyrrole nitrogens is 1. The minimum Gasteiger partial charge on any atom is -0.355 e. The van der Waals surface area contributed by atoms with Gasteiger partial charge in [-0.05, 0) is 18.8 Å². The number of hydrogen-bond acceptors (Lipinski definition) is 4. The molecule has 5 nitrogen and oxygen atoms in total. The molecule has 0 radical (unpaired) electrons. The zero-order valence-corrected chi connectivity index (χ0v) is 9.43. The molecule has 3 heterocycles. The molecule has 1 N–H and O–H groups in total. The molecule has 17 heavy (non-hydrogen) atoms. The van der Waals surface area contributed by atoms with Crippen LogP contribution in [0.2, 0.25) is 0 Å². The maximum absolute atomic E-state index is 12.6. The van der Waals surface area contributed by atoms with Gasteiger partial charge in [0.25, 0.3) is 0 Å². The van der Waals surface area contributed by atoms with Crippen molar-refractivity contribution in [3.63, 3.8) is 0 Å². The van der Waals surface area contributed by atoms with Gasteiger partial charge in [0.15, 0.2) is 11.5 Å². The van der Waals surface area contributed by atoms with Crippen molar-refractivity contribution in [1.82, 2.24) is 19.9 Å². The third kappa shape index (κ3) is 1.83. The molecule has 0 unspecified atom stereocenters. The Bertz CT molecular complexity index is 503. The summed E-state index contributed by atoms with van der Waals surface area (Å²) < 4.78 is 12.6. The number of alkyl halides is 1. The van der Waals surface area contributed by atoms with E-state index >= 15 is 0 Å². The molecule has 0 atom stereocenters. The summed E-state index contributed by atoms with van der Waals surface area (Å²) in [5.41, 5.74) is 1.55. The number of nitrogens with one attached hydrogen (secondary N) is 1. The largest absolute Gasteiger partial charge is 0.355 e. The highest BCUT2D eigenvalue weighted by Crippen LogP contribution is 2.25. The Balaban J connectivity index is 1.87. The molecule has 1 fully saturated rings. The highest BCUT2D eigenvalue weighted by molar-refractivity contribution is 5.82. The van der Waals surface area contributed by atoms with Gasteiger partial charge in [-0.3, -0.25) is 4.39 Å². The van der Waals surface area contributed by atoms with E-state index in [0.29, 0.717) is 5.65 Å². The lowest BCUT2D eigenvalue weighted by atomic mass is 9.98. The summed E-state index contributed by atoms with van der Waals surface area (Å²) in [7, 11) is 0. The maximum Gasteiger partial charge on any atom is 0.182 e. The lowest BCUT2D eigenvalue weighted by Gasteiger charge is -2.31. The summed E-state index contributed by atoms with van der Waals surface area (Å²) in [6.07, 6.45) is 4.92. The molecule has 0 bridgehead atoms. The van der Waals surface area contributed by atoms with Gasteiger partial charge in [-0.2, -0.15) is 0 Å². The predicted octanol–water partition coefficient (Wildman–Crippen LogP) is 1.54. The number of imidazole rings is 1. The molecular formula is C11H14FN5. The molecule has 1 saturated heterocycles. The Morgan fingerprint density at radius 3 is 2.88 bits per heavy atom. The second-order valence-electron chi connectivity index (χ2n) is 4.38. The van der Waals surface area contributed by atoms with Crippen LogP contribution in [0.4, 0.5) is 10.2 Å². The molecule has 6 heteroatoms. The summed E-state index contributed by atoms with van der Waals surface area (Å²) in [4.78, 5) is 17.7. The summed E-state index contributed by atoms with van der Waals surface area (Å²) >= 11 is 0. The van der Waals surface area contributed by atoms with E-state index in [-0.39, 0.29) is 12.6 Å². The van der Waals surface area contributed by atoms with E-state index in [1.807, 2.05) is 0 Å². The number of nitrogens with zero attached hydrogens (tertiary/aromatic N) is 4. The number of halogens is 1. The van der Waals surface area contributed by atoms with Gasteiger partial charge in [-0.1, -0.05) is 0 Å². The van der Waals surface area contributed by atoms with E-state index in [4.69, 9.17) is 0 Å². The van der Waals surface area contributed by atoms with Gasteiger partial charge < -0.3 is 9.88 Å². The van der Waals surface area contributed by atoms with Crippen molar-refractivity contribution in [1.29, 1.82) is 0 Å². The van der Waals surface area contributed by atoms with Crippen LogP contribution in [0, 0.1) is 5.92 Å². The zero-order valence-electron chi connectivity index (χ0n) is 9.43. The number of piperidine rings is 1. The van der Waals surface area contributed by atoms with E-state index in [1.165, 1.54) is 6.33 Å². The lowest BCUT2D eigenvalue weighted by Crippen LogP contribution is -2.35. The fourth-order valence-electron chi connectivity index (χ4n) is 2.29. The van der Waals surface area contributed by atoms with E-state index in [9.17, 15) is 4.39 Å². The molecule has 2 aromatic heterocycles. The van der Waals surface area contributed by atoms with Crippen LogP contribution in [0.25, 0.3) is 11.2 Å². The van der Waals surface area contributed by atoms with Gasteiger partial charge in [0, 0.05) is 13.1 Å². The first-order valence-corrected chi connectivity index (χ1v) is 5.83. The van der Waals surface area contributed by atoms with Gasteiger partial charge >= 0.3 is 0 Å². The topological polar surface area (TPSA) is 57.7 Å². The zero-order chi connectivity index (χ0) is 11.7. The molecule has 1 aliphatic rings. The highest BCUT2D eigenvalue weighted by atomic mass is 19.1. The fraction of sp³-hybridized carbons (Fsp3) is 0.545. The summed E-state index contributed by atoms with van der Waals surface area (Å²) in [6, 6.07) is 0. The first-order valence-electron chi connectivity index (χ1n) is 5.83. The Kier molecular flexibility index (Phi) is 2.62. The van der Waals surface area contributed by atoms with Crippen LogP contribution in [0.15, 0.2) is 12.7 Å². The number of fused-ring (bicyclic) bond motifs is 1. The molecule has 90 valence electrons. The summed E-state index contributed by atoms with van der Waals surface area (Å²) in [5, 5.41) is 0. The van der Waals surface area contributed by atoms with E-state index in [0.717, 1.165) is 37.3 Å². The number of hydrogen-bond donors (Lipinski definition) is 1.